The quantitative estimate of drug-likeness (QED) is 0.690. The first-order chi connectivity index (χ1) is 7.59. The van der Waals surface area contributed by atoms with E-state index in [9.17, 15) is 4.79 Å². The van der Waals surface area contributed by atoms with E-state index in [4.69, 9.17) is 0 Å². The van der Waals surface area contributed by atoms with Crippen LogP contribution in [0.1, 0.15) is 12.6 Å². The molecule has 2 rings (SSSR count). The fourth-order valence-corrected chi connectivity index (χ4v) is 2.00. The third kappa shape index (κ3) is 1.89. The van der Waals surface area contributed by atoms with Gasteiger partial charge >= 0.3 is 0 Å². The molecule has 0 atom stereocenters. The molecule has 0 aromatic carbocycles. The summed E-state index contributed by atoms with van der Waals surface area (Å²) in [5, 5.41) is 0. The maximum atomic E-state index is 11.2. The molecule has 0 N–H and O–H groups in total. The third-order valence-electron chi connectivity index (χ3n) is 3.20. The average Bonchev–Trinajstić information content (AvgIpc) is 2.60. The summed E-state index contributed by atoms with van der Waals surface area (Å²) in [6, 6.07) is 0. The Morgan fingerprint density at radius 3 is 2.38 bits per heavy atom. The average molecular weight is 222 g/mol. The highest BCUT2D eigenvalue weighted by Crippen LogP contribution is 2.15. The van der Waals surface area contributed by atoms with Crippen molar-refractivity contribution in [3.8, 4) is 0 Å². The topological polar surface area (TPSA) is 41.4 Å². The monoisotopic (exact) mass is 222 g/mol. The SMILES string of the molecule is CC(=O)N1CCN(c2ncc(C)n2C)CC1. The van der Waals surface area contributed by atoms with Crippen molar-refractivity contribution in [3.05, 3.63) is 11.9 Å². The highest BCUT2D eigenvalue weighted by Gasteiger charge is 2.21. The minimum absolute atomic E-state index is 0.163. The number of anilines is 1. The van der Waals surface area contributed by atoms with Crippen LogP contribution in [0, 0.1) is 6.92 Å². The predicted molar refractivity (Wildman–Crippen MR) is 62.4 cm³/mol. The van der Waals surface area contributed by atoms with Gasteiger partial charge in [0.05, 0.1) is 6.20 Å². The number of aryl methyl sites for hydroxylation is 1. The van der Waals surface area contributed by atoms with Gasteiger partial charge in [0.15, 0.2) is 0 Å². The maximum Gasteiger partial charge on any atom is 0.219 e. The number of amides is 1. The van der Waals surface area contributed by atoms with E-state index < -0.39 is 0 Å². The van der Waals surface area contributed by atoms with Crippen LogP contribution in [0.3, 0.4) is 0 Å². The summed E-state index contributed by atoms with van der Waals surface area (Å²) in [5.74, 6) is 1.16. The van der Waals surface area contributed by atoms with Crippen LogP contribution in [-0.2, 0) is 11.8 Å². The molecule has 88 valence electrons. The standard InChI is InChI=1S/C11H18N4O/c1-9-8-12-11(13(9)3)15-6-4-14(5-7-15)10(2)16/h8H,4-7H2,1-3H3. The first-order valence-corrected chi connectivity index (χ1v) is 5.58. The van der Waals surface area contributed by atoms with Gasteiger partial charge in [-0.2, -0.15) is 0 Å². The van der Waals surface area contributed by atoms with E-state index in [1.54, 1.807) is 6.92 Å². The van der Waals surface area contributed by atoms with Crippen LogP contribution in [-0.4, -0.2) is 46.5 Å². The number of hydrogen-bond acceptors (Lipinski definition) is 3. The van der Waals surface area contributed by atoms with E-state index in [2.05, 4.69) is 14.5 Å². The van der Waals surface area contributed by atoms with E-state index in [0.717, 1.165) is 37.8 Å². The zero-order chi connectivity index (χ0) is 11.7. The zero-order valence-electron chi connectivity index (χ0n) is 10.1. The molecule has 0 bridgehead atoms. The van der Waals surface area contributed by atoms with E-state index in [-0.39, 0.29) is 5.91 Å². The third-order valence-corrected chi connectivity index (χ3v) is 3.20. The second-order valence-corrected chi connectivity index (χ2v) is 4.25. The summed E-state index contributed by atoms with van der Waals surface area (Å²) in [6.07, 6.45) is 1.88. The Labute approximate surface area is 95.7 Å². The van der Waals surface area contributed by atoms with Gasteiger partial charge < -0.3 is 14.4 Å². The van der Waals surface area contributed by atoms with Gasteiger partial charge in [-0.05, 0) is 6.92 Å². The van der Waals surface area contributed by atoms with Crippen LogP contribution < -0.4 is 4.90 Å². The molecule has 0 aliphatic carbocycles. The summed E-state index contributed by atoms with van der Waals surface area (Å²) < 4.78 is 2.09. The van der Waals surface area contributed by atoms with Crippen molar-refractivity contribution in [1.82, 2.24) is 14.5 Å². The number of carbonyl (C=O) groups excluding carboxylic acids is 1. The number of imidazole rings is 1. The largest absolute Gasteiger partial charge is 0.339 e. The first-order valence-electron chi connectivity index (χ1n) is 5.58. The van der Waals surface area contributed by atoms with Crippen LogP contribution in [0.4, 0.5) is 5.95 Å². The Balaban J connectivity index is 2.04. The maximum absolute atomic E-state index is 11.2. The molecule has 0 radical (unpaired) electrons. The smallest absolute Gasteiger partial charge is 0.219 e. The molecule has 1 aromatic heterocycles. The highest BCUT2D eigenvalue weighted by molar-refractivity contribution is 5.73. The predicted octanol–water partition coefficient (Wildman–Crippen LogP) is 0.397. The van der Waals surface area contributed by atoms with Crippen LogP contribution in [0.2, 0.25) is 0 Å². The van der Waals surface area contributed by atoms with Crippen LogP contribution in [0.15, 0.2) is 6.20 Å². The first kappa shape index (κ1) is 11.0. The molecular weight excluding hydrogens is 204 g/mol. The molecule has 1 aromatic rings. The Morgan fingerprint density at radius 2 is 1.94 bits per heavy atom. The summed E-state index contributed by atoms with van der Waals surface area (Å²) in [7, 11) is 2.02. The number of piperazine rings is 1. The van der Waals surface area contributed by atoms with Gasteiger partial charge in [-0.25, -0.2) is 4.98 Å². The molecule has 0 saturated carbocycles. The van der Waals surface area contributed by atoms with E-state index in [1.807, 2.05) is 25.1 Å². The van der Waals surface area contributed by atoms with Gasteiger partial charge in [-0.3, -0.25) is 4.79 Å². The van der Waals surface area contributed by atoms with E-state index >= 15 is 0 Å². The van der Waals surface area contributed by atoms with Crippen molar-refractivity contribution < 1.29 is 4.79 Å². The van der Waals surface area contributed by atoms with Crippen molar-refractivity contribution >= 4 is 11.9 Å². The van der Waals surface area contributed by atoms with Crippen LogP contribution in [0.5, 0.6) is 0 Å². The van der Waals surface area contributed by atoms with Crippen molar-refractivity contribution in [2.45, 2.75) is 13.8 Å². The van der Waals surface area contributed by atoms with Crippen molar-refractivity contribution in [3.63, 3.8) is 0 Å². The Kier molecular flexibility index (Phi) is 2.85. The van der Waals surface area contributed by atoms with Crippen molar-refractivity contribution in [1.29, 1.82) is 0 Å². The molecule has 1 saturated heterocycles. The van der Waals surface area contributed by atoms with Gasteiger partial charge in [-0.15, -0.1) is 0 Å². The van der Waals surface area contributed by atoms with E-state index in [1.165, 1.54) is 0 Å². The van der Waals surface area contributed by atoms with Gasteiger partial charge in [0, 0.05) is 45.8 Å². The van der Waals surface area contributed by atoms with Crippen LogP contribution in [0.25, 0.3) is 0 Å². The second-order valence-electron chi connectivity index (χ2n) is 4.25. The fraction of sp³-hybridized carbons (Fsp3) is 0.636. The Bertz CT molecular complexity index is 391. The summed E-state index contributed by atoms with van der Waals surface area (Å²) in [4.78, 5) is 19.7. The van der Waals surface area contributed by atoms with Gasteiger partial charge in [0.25, 0.3) is 0 Å². The number of hydrogen-bond donors (Lipinski definition) is 0. The molecule has 2 heterocycles. The normalized spacial score (nSPS) is 16.7. The summed E-state index contributed by atoms with van der Waals surface area (Å²) in [6.45, 7) is 6.99. The molecule has 16 heavy (non-hydrogen) atoms. The van der Waals surface area contributed by atoms with Gasteiger partial charge in [0.1, 0.15) is 0 Å². The highest BCUT2D eigenvalue weighted by atomic mass is 16.2. The van der Waals surface area contributed by atoms with Gasteiger partial charge in [0.2, 0.25) is 11.9 Å². The Morgan fingerprint density at radius 1 is 1.31 bits per heavy atom. The molecule has 5 heteroatoms. The lowest BCUT2D eigenvalue weighted by Gasteiger charge is -2.34. The van der Waals surface area contributed by atoms with Crippen molar-refractivity contribution in [2.75, 3.05) is 31.1 Å². The lowest BCUT2D eigenvalue weighted by atomic mass is 10.3. The molecule has 1 fully saturated rings. The molecule has 0 spiro atoms. The second kappa shape index (κ2) is 4.15. The zero-order valence-corrected chi connectivity index (χ0v) is 10.1. The molecule has 5 nitrogen and oxygen atoms in total. The summed E-state index contributed by atoms with van der Waals surface area (Å²) >= 11 is 0. The van der Waals surface area contributed by atoms with Crippen LogP contribution >= 0.6 is 0 Å². The number of carbonyl (C=O) groups is 1. The van der Waals surface area contributed by atoms with Crippen molar-refractivity contribution in [2.24, 2.45) is 7.05 Å². The number of aromatic nitrogens is 2. The molecule has 1 amide bonds. The fourth-order valence-electron chi connectivity index (χ4n) is 2.00. The molecule has 0 unspecified atom stereocenters. The molecule has 1 aliphatic heterocycles. The molecule has 1 aliphatic rings. The van der Waals surface area contributed by atoms with E-state index in [0.29, 0.717) is 0 Å². The Hall–Kier alpha value is -1.52. The molecular formula is C11H18N4O. The lowest BCUT2D eigenvalue weighted by Crippen LogP contribution is -2.48. The number of rotatable bonds is 1. The van der Waals surface area contributed by atoms with Gasteiger partial charge in [-0.1, -0.05) is 0 Å². The minimum Gasteiger partial charge on any atom is -0.339 e. The minimum atomic E-state index is 0.163. The lowest BCUT2D eigenvalue weighted by molar-refractivity contribution is -0.129. The summed E-state index contributed by atoms with van der Waals surface area (Å²) in [5.41, 5.74) is 1.16. The number of nitrogens with zero attached hydrogens (tertiary/aromatic N) is 4.